The molecule has 1 heterocycles. The van der Waals surface area contributed by atoms with Gasteiger partial charge in [0.2, 0.25) is 0 Å². The van der Waals surface area contributed by atoms with Gasteiger partial charge in [0.15, 0.2) is 0 Å². The highest BCUT2D eigenvalue weighted by Crippen LogP contribution is 2.34. The standard InChI is InChI=1S/C30H39N5O3S/c1-32(2)16-6-17-33(3)27-15-10-24(20-28(27)35(37)38)23-8-4-7-22(19-23)21-34(26-13-11-25(31)12-14-26)30(36)29-9-5-18-39-29/h4-5,7-10,15,18-20,25-26H,6,11-14,16-17,21,31H2,1-3H3. The fourth-order valence-electron chi connectivity index (χ4n) is 5.28. The molecule has 0 unspecified atom stereocenters. The topological polar surface area (TPSA) is 96.0 Å². The molecule has 1 aliphatic rings. The van der Waals surface area contributed by atoms with Crippen LogP contribution in [0.3, 0.4) is 0 Å². The van der Waals surface area contributed by atoms with E-state index in [0.717, 1.165) is 66.8 Å². The minimum absolute atomic E-state index is 0.0492. The predicted molar refractivity (Wildman–Crippen MR) is 159 cm³/mol. The second kappa shape index (κ2) is 13.2. The van der Waals surface area contributed by atoms with E-state index in [2.05, 4.69) is 4.90 Å². The molecule has 2 N–H and O–H groups in total. The van der Waals surface area contributed by atoms with Crippen molar-refractivity contribution in [3.63, 3.8) is 0 Å². The van der Waals surface area contributed by atoms with Crippen LogP contribution in [-0.2, 0) is 6.54 Å². The molecular formula is C30H39N5O3S. The third-order valence-electron chi connectivity index (χ3n) is 7.47. The first-order valence-corrected chi connectivity index (χ1v) is 14.4. The summed E-state index contributed by atoms with van der Waals surface area (Å²) in [6.45, 7) is 2.13. The quantitative estimate of drug-likeness (QED) is 0.246. The first kappa shape index (κ1) is 28.7. The average Bonchev–Trinajstić information content (AvgIpc) is 3.47. The lowest BCUT2D eigenvalue weighted by Crippen LogP contribution is -2.43. The van der Waals surface area contributed by atoms with Crippen molar-refractivity contribution in [2.75, 3.05) is 39.1 Å². The normalized spacial score (nSPS) is 17.3. The predicted octanol–water partition coefficient (Wildman–Crippen LogP) is 5.62. The van der Waals surface area contributed by atoms with E-state index in [4.69, 9.17) is 5.73 Å². The Labute approximate surface area is 235 Å². The largest absolute Gasteiger partial charge is 0.369 e. The minimum atomic E-state index is -0.305. The molecule has 0 bridgehead atoms. The summed E-state index contributed by atoms with van der Waals surface area (Å²) >= 11 is 1.46. The lowest BCUT2D eigenvalue weighted by Gasteiger charge is -2.36. The Morgan fingerprint density at radius 2 is 1.74 bits per heavy atom. The van der Waals surface area contributed by atoms with Crippen LogP contribution >= 0.6 is 11.3 Å². The minimum Gasteiger partial charge on any atom is -0.369 e. The second-order valence-electron chi connectivity index (χ2n) is 10.7. The van der Waals surface area contributed by atoms with Gasteiger partial charge in [0.1, 0.15) is 5.69 Å². The molecule has 0 radical (unpaired) electrons. The van der Waals surface area contributed by atoms with Crippen LogP contribution in [0, 0.1) is 10.1 Å². The number of nitrogens with zero attached hydrogens (tertiary/aromatic N) is 4. The number of rotatable bonds is 11. The molecule has 8 nitrogen and oxygen atoms in total. The van der Waals surface area contributed by atoms with Crippen molar-refractivity contribution in [2.24, 2.45) is 5.73 Å². The van der Waals surface area contributed by atoms with E-state index in [1.54, 1.807) is 6.07 Å². The Kier molecular flexibility index (Phi) is 9.72. The number of nitro groups is 1. The van der Waals surface area contributed by atoms with Crippen molar-refractivity contribution in [1.82, 2.24) is 9.80 Å². The SMILES string of the molecule is CN(C)CCCN(C)c1ccc(-c2cccc(CN(C(=O)c3cccs3)C3CCC(N)CC3)c2)cc1[N+](=O)[O-]. The first-order valence-electron chi connectivity index (χ1n) is 13.6. The van der Waals surface area contributed by atoms with Gasteiger partial charge in [0.05, 0.1) is 9.80 Å². The van der Waals surface area contributed by atoms with Crippen LogP contribution in [0.25, 0.3) is 11.1 Å². The van der Waals surface area contributed by atoms with Crippen LogP contribution in [0.5, 0.6) is 0 Å². The average molecular weight is 550 g/mol. The number of hydrogen-bond donors (Lipinski definition) is 1. The summed E-state index contributed by atoms with van der Waals surface area (Å²) in [4.78, 5) is 32.0. The van der Waals surface area contributed by atoms with E-state index < -0.39 is 0 Å². The molecule has 3 aromatic rings. The summed E-state index contributed by atoms with van der Waals surface area (Å²) in [5.74, 6) is 0.0492. The molecule has 1 aromatic heterocycles. The molecule has 1 amide bonds. The van der Waals surface area contributed by atoms with Crippen LogP contribution in [0.15, 0.2) is 60.0 Å². The molecular weight excluding hydrogens is 510 g/mol. The lowest BCUT2D eigenvalue weighted by molar-refractivity contribution is -0.384. The van der Waals surface area contributed by atoms with E-state index in [-0.39, 0.29) is 28.6 Å². The number of anilines is 1. The van der Waals surface area contributed by atoms with E-state index in [0.29, 0.717) is 12.2 Å². The number of amides is 1. The Morgan fingerprint density at radius 1 is 1.00 bits per heavy atom. The molecule has 39 heavy (non-hydrogen) atoms. The molecule has 9 heteroatoms. The number of nitrogens with two attached hydrogens (primary N) is 1. The summed E-state index contributed by atoms with van der Waals surface area (Å²) in [6.07, 6.45) is 4.54. The molecule has 208 valence electrons. The fourth-order valence-corrected chi connectivity index (χ4v) is 5.96. The number of hydrogen-bond acceptors (Lipinski definition) is 7. The maximum atomic E-state index is 13.5. The Morgan fingerprint density at radius 3 is 2.41 bits per heavy atom. The van der Waals surface area contributed by atoms with E-state index in [9.17, 15) is 14.9 Å². The van der Waals surface area contributed by atoms with Crippen molar-refractivity contribution < 1.29 is 9.72 Å². The maximum Gasteiger partial charge on any atom is 0.293 e. The van der Waals surface area contributed by atoms with Gasteiger partial charge in [-0.1, -0.05) is 30.3 Å². The number of carbonyl (C=O) groups excluding carboxylic acids is 1. The van der Waals surface area contributed by atoms with Crippen molar-refractivity contribution in [2.45, 2.75) is 50.7 Å². The Balaban J connectivity index is 1.57. The summed E-state index contributed by atoms with van der Waals surface area (Å²) in [5, 5.41) is 13.9. The maximum absolute atomic E-state index is 13.5. The van der Waals surface area contributed by atoms with Gasteiger partial charge in [-0.2, -0.15) is 0 Å². The molecule has 0 spiro atoms. The van der Waals surface area contributed by atoms with E-state index in [1.807, 2.05) is 84.9 Å². The monoisotopic (exact) mass is 549 g/mol. The van der Waals surface area contributed by atoms with Crippen LogP contribution in [0.2, 0.25) is 0 Å². The van der Waals surface area contributed by atoms with Gasteiger partial charge in [-0.05, 0) is 93.0 Å². The zero-order valence-corrected chi connectivity index (χ0v) is 23.9. The van der Waals surface area contributed by atoms with Gasteiger partial charge in [-0.3, -0.25) is 14.9 Å². The third kappa shape index (κ3) is 7.44. The summed E-state index contributed by atoms with van der Waals surface area (Å²) in [7, 11) is 5.94. The van der Waals surface area contributed by atoms with Crippen LogP contribution in [0.1, 0.15) is 47.3 Å². The molecule has 1 aliphatic carbocycles. The molecule has 1 saturated carbocycles. The van der Waals surface area contributed by atoms with Crippen molar-refractivity contribution in [1.29, 1.82) is 0 Å². The molecule has 1 fully saturated rings. The van der Waals surface area contributed by atoms with Gasteiger partial charge < -0.3 is 20.4 Å². The zero-order valence-electron chi connectivity index (χ0n) is 23.1. The molecule has 0 saturated heterocycles. The second-order valence-corrected chi connectivity index (χ2v) is 11.7. The number of nitro benzene ring substituents is 1. The van der Waals surface area contributed by atoms with Gasteiger partial charge in [-0.15, -0.1) is 11.3 Å². The lowest BCUT2D eigenvalue weighted by atomic mass is 9.90. The highest BCUT2D eigenvalue weighted by Gasteiger charge is 2.29. The number of carbonyl (C=O) groups is 1. The highest BCUT2D eigenvalue weighted by atomic mass is 32.1. The van der Waals surface area contributed by atoms with Crippen LogP contribution in [0.4, 0.5) is 11.4 Å². The summed E-state index contributed by atoms with van der Waals surface area (Å²) < 4.78 is 0. The van der Waals surface area contributed by atoms with Crippen LogP contribution in [-0.4, -0.2) is 66.9 Å². The summed E-state index contributed by atoms with van der Waals surface area (Å²) in [6, 6.07) is 17.6. The van der Waals surface area contributed by atoms with E-state index in [1.165, 1.54) is 11.3 Å². The third-order valence-corrected chi connectivity index (χ3v) is 8.33. The molecule has 0 aliphatic heterocycles. The number of thiophene rings is 1. The smallest absolute Gasteiger partial charge is 0.293 e. The molecule has 2 aromatic carbocycles. The van der Waals surface area contributed by atoms with Gasteiger partial charge >= 0.3 is 0 Å². The zero-order chi connectivity index (χ0) is 27.9. The van der Waals surface area contributed by atoms with Crippen molar-refractivity contribution >= 4 is 28.6 Å². The fraction of sp³-hybridized carbons (Fsp3) is 0.433. The van der Waals surface area contributed by atoms with Gasteiger partial charge in [-0.25, -0.2) is 0 Å². The van der Waals surface area contributed by atoms with E-state index >= 15 is 0 Å². The highest BCUT2D eigenvalue weighted by molar-refractivity contribution is 7.12. The molecule has 4 rings (SSSR count). The Bertz CT molecular complexity index is 1260. The van der Waals surface area contributed by atoms with Gasteiger partial charge in [0.25, 0.3) is 11.6 Å². The van der Waals surface area contributed by atoms with Gasteiger partial charge in [0, 0.05) is 38.3 Å². The Hall–Kier alpha value is -3.27. The van der Waals surface area contributed by atoms with Crippen LogP contribution < -0.4 is 10.6 Å². The molecule has 0 atom stereocenters. The first-order chi connectivity index (χ1) is 18.7. The number of benzene rings is 2. The van der Waals surface area contributed by atoms with Crippen molar-refractivity contribution in [3.8, 4) is 11.1 Å². The summed E-state index contributed by atoms with van der Waals surface area (Å²) in [5.41, 5.74) is 9.54. The van der Waals surface area contributed by atoms with Crippen molar-refractivity contribution in [3.05, 3.63) is 80.5 Å².